The molecule has 1 rings (SSSR count). The van der Waals surface area contributed by atoms with E-state index in [0.717, 1.165) is 12.8 Å². The van der Waals surface area contributed by atoms with Gasteiger partial charge in [-0.05, 0) is 19.3 Å². The fourth-order valence-corrected chi connectivity index (χ4v) is 3.41. The molecule has 0 aromatic rings. The maximum Gasteiger partial charge on any atom is 0.191 e. The molecule has 1 N–H and O–H groups in total. The van der Waals surface area contributed by atoms with E-state index in [0.29, 0.717) is 19.4 Å². The third-order valence-corrected chi connectivity index (χ3v) is 4.89. The van der Waals surface area contributed by atoms with E-state index in [1.54, 1.807) is 0 Å². The summed E-state index contributed by atoms with van der Waals surface area (Å²) >= 11 is 6.14. The van der Waals surface area contributed by atoms with Crippen LogP contribution in [0.2, 0.25) is 0 Å². The van der Waals surface area contributed by atoms with Gasteiger partial charge in [-0.2, -0.15) is 15.8 Å². The lowest BCUT2D eigenvalue weighted by Crippen LogP contribution is -2.59. The average molecular weight is 321 g/mol. The van der Waals surface area contributed by atoms with Crippen LogP contribution in [0.25, 0.3) is 0 Å². The number of nitrogens with one attached hydrogen (secondary N) is 1. The van der Waals surface area contributed by atoms with Crippen LogP contribution in [-0.4, -0.2) is 12.8 Å². The van der Waals surface area contributed by atoms with Crippen molar-refractivity contribution in [1.29, 1.82) is 15.8 Å². The smallest absolute Gasteiger partial charge is 0.191 e. The van der Waals surface area contributed by atoms with Crippen molar-refractivity contribution in [3.8, 4) is 18.2 Å². The van der Waals surface area contributed by atoms with Crippen LogP contribution in [0, 0.1) is 44.8 Å². The zero-order valence-corrected chi connectivity index (χ0v) is 14.0. The lowest BCUT2D eigenvalue weighted by molar-refractivity contribution is -0.0950. The quantitative estimate of drug-likeness (QED) is 0.596. The lowest BCUT2D eigenvalue weighted by atomic mass is 9.56. The van der Waals surface area contributed by atoms with E-state index in [-0.39, 0.29) is 10.7 Å². The molecule has 1 atom stereocenters. The van der Waals surface area contributed by atoms with Gasteiger partial charge >= 0.3 is 0 Å². The van der Waals surface area contributed by atoms with E-state index in [9.17, 15) is 15.8 Å². The Morgan fingerprint density at radius 3 is 2.18 bits per heavy atom. The molecule has 0 aliphatic carbocycles. The molecule has 1 aliphatic heterocycles. The molecule has 0 fully saturated rings. The largest absolute Gasteiger partial charge is 0.358 e. The van der Waals surface area contributed by atoms with Crippen molar-refractivity contribution in [2.45, 2.75) is 52.7 Å². The van der Waals surface area contributed by atoms with Gasteiger partial charge in [-0.3, -0.25) is 0 Å². The predicted octanol–water partition coefficient (Wildman–Crippen LogP) is 3.55. The van der Waals surface area contributed by atoms with Crippen molar-refractivity contribution in [1.82, 2.24) is 5.32 Å². The monoisotopic (exact) mass is 320 g/mol. The Balaban J connectivity index is 3.48. The molecule has 0 unspecified atom stereocenters. The highest BCUT2D eigenvalue weighted by Gasteiger charge is 2.61. The second kappa shape index (κ2) is 7.50. The third-order valence-electron chi connectivity index (χ3n) is 4.59. The van der Waals surface area contributed by atoms with Crippen LogP contribution < -0.4 is 5.32 Å². The predicted molar refractivity (Wildman–Crippen MR) is 82.9 cm³/mol. The number of rotatable bonds is 6. The molecule has 0 aromatic heterocycles. The molecule has 5 nitrogen and oxygen atoms in total. The Bertz CT molecular complexity index is 546. The fourth-order valence-electron chi connectivity index (χ4n) is 3.13. The summed E-state index contributed by atoms with van der Waals surface area (Å²) in [7, 11) is 0. The van der Waals surface area contributed by atoms with Crippen molar-refractivity contribution in [3.05, 3.63) is 10.7 Å². The summed E-state index contributed by atoms with van der Waals surface area (Å²) < 4.78 is 5.90. The number of halogens is 1. The summed E-state index contributed by atoms with van der Waals surface area (Å²) in [4.78, 5) is 0. The minimum atomic E-state index is -1.61. The van der Waals surface area contributed by atoms with Gasteiger partial charge in [-0.15, -0.1) is 0 Å². The van der Waals surface area contributed by atoms with Gasteiger partial charge in [-0.1, -0.05) is 38.8 Å². The van der Waals surface area contributed by atoms with Crippen LogP contribution in [0.1, 0.15) is 46.5 Å². The molecular formula is C16H21ClN4O. The second-order valence-corrected chi connectivity index (χ2v) is 5.76. The molecular weight excluding hydrogens is 300 g/mol. The van der Waals surface area contributed by atoms with E-state index >= 15 is 0 Å². The lowest BCUT2D eigenvalue weighted by Gasteiger charge is -2.49. The first-order valence-corrected chi connectivity index (χ1v) is 7.92. The highest BCUT2D eigenvalue weighted by molar-refractivity contribution is 6.30. The zero-order valence-electron chi connectivity index (χ0n) is 13.2. The van der Waals surface area contributed by atoms with Crippen molar-refractivity contribution >= 4 is 11.6 Å². The summed E-state index contributed by atoms with van der Waals surface area (Å²) in [6.07, 6.45) is 2.32. The van der Waals surface area contributed by atoms with Crippen LogP contribution in [0.15, 0.2) is 10.7 Å². The molecule has 22 heavy (non-hydrogen) atoms. The number of ether oxygens (including phenoxy) is 1. The Kier molecular flexibility index (Phi) is 6.24. The SMILES string of the molecule is CCCCO[C@H]1NC(Cl)=C(C#N)C(C#N)(C#N)C1(CC)CC. The molecule has 1 aliphatic rings. The van der Waals surface area contributed by atoms with E-state index in [2.05, 4.69) is 24.4 Å². The average Bonchev–Trinajstić information content (AvgIpc) is 2.54. The van der Waals surface area contributed by atoms with Crippen molar-refractivity contribution < 1.29 is 4.74 Å². The van der Waals surface area contributed by atoms with Crippen molar-refractivity contribution in [3.63, 3.8) is 0 Å². The molecule has 0 amide bonds. The maximum atomic E-state index is 9.75. The van der Waals surface area contributed by atoms with Crippen LogP contribution in [0.3, 0.4) is 0 Å². The Morgan fingerprint density at radius 2 is 1.77 bits per heavy atom. The second-order valence-electron chi connectivity index (χ2n) is 5.39. The number of hydrogen-bond acceptors (Lipinski definition) is 5. The number of nitriles is 3. The van der Waals surface area contributed by atoms with E-state index in [1.165, 1.54) is 0 Å². The molecule has 1 heterocycles. The summed E-state index contributed by atoms with van der Waals surface area (Å²) in [5.41, 5.74) is -2.45. The molecule has 0 spiro atoms. The summed E-state index contributed by atoms with van der Waals surface area (Å²) in [5.74, 6) is 0. The topological polar surface area (TPSA) is 92.6 Å². The normalized spacial score (nSPS) is 22.1. The van der Waals surface area contributed by atoms with Gasteiger partial charge in [0.1, 0.15) is 17.5 Å². The summed E-state index contributed by atoms with van der Waals surface area (Å²) in [6, 6.07) is 6.07. The first-order valence-electron chi connectivity index (χ1n) is 7.54. The van der Waals surface area contributed by atoms with Crippen LogP contribution in [0.4, 0.5) is 0 Å². The van der Waals surface area contributed by atoms with Gasteiger partial charge < -0.3 is 10.1 Å². The molecule has 6 heteroatoms. The first-order chi connectivity index (χ1) is 10.5. The summed E-state index contributed by atoms with van der Waals surface area (Å²) in [6.45, 7) is 6.37. The van der Waals surface area contributed by atoms with Crippen LogP contribution in [-0.2, 0) is 4.74 Å². The molecule has 0 bridgehead atoms. The Morgan fingerprint density at radius 1 is 1.18 bits per heavy atom. The molecule has 0 saturated carbocycles. The fraction of sp³-hybridized carbons (Fsp3) is 0.688. The Labute approximate surface area is 137 Å². The van der Waals surface area contributed by atoms with Gasteiger partial charge in [0.2, 0.25) is 0 Å². The van der Waals surface area contributed by atoms with E-state index in [4.69, 9.17) is 16.3 Å². The number of hydrogen-bond donors (Lipinski definition) is 1. The third kappa shape index (κ3) is 2.54. The van der Waals surface area contributed by atoms with Gasteiger partial charge in [0, 0.05) is 6.61 Å². The minimum absolute atomic E-state index is 0.0155. The van der Waals surface area contributed by atoms with Gasteiger partial charge in [0.05, 0.1) is 23.1 Å². The molecule has 0 radical (unpaired) electrons. The minimum Gasteiger partial charge on any atom is -0.358 e. The summed E-state index contributed by atoms with van der Waals surface area (Å²) in [5, 5.41) is 31.9. The zero-order chi connectivity index (χ0) is 16.8. The van der Waals surface area contributed by atoms with E-state index < -0.39 is 17.1 Å². The number of unbranched alkanes of at least 4 members (excludes halogenated alkanes) is 1. The van der Waals surface area contributed by atoms with Gasteiger partial charge in [0.25, 0.3) is 0 Å². The van der Waals surface area contributed by atoms with Gasteiger partial charge in [0.15, 0.2) is 5.41 Å². The first kappa shape index (κ1) is 18.3. The van der Waals surface area contributed by atoms with E-state index in [1.807, 2.05) is 19.9 Å². The van der Waals surface area contributed by atoms with Crippen molar-refractivity contribution in [2.75, 3.05) is 6.61 Å². The Hall–Kier alpha value is -1.74. The van der Waals surface area contributed by atoms with Crippen LogP contribution >= 0.6 is 11.6 Å². The highest BCUT2D eigenvalue weighted by atomic mass is 35.5. The van der Waals surface area contributed by atoms with Crippen LogP contribution in [0.5, 0.6) is 0 Å². The molecule has 0 aromatic carbocycles. The maximum absolute atomic E-state index is 9.75. The van der Waals surface area contributed by atoms with Gasteiger partial charge in [-0.25, -0.2) is 0 Å². The molecule has 0 saturated heterocycles. The van der Waals surface area contributed by atoms with Crippen molar-refractivity contribution in [2.24, 2.45) is 10.8 Å². The molecule has 118 valence electrons. The standard InChI is InChI=1S/C16H21ClN4O/c1-4-7-8-22-14-15(5-2,6-3)16(10-19,11-20)12(9-18)13(17)21-14/h14,21H,4-8H2,1-3H3/t14-/m1/s1. The number of nitrogens with zero attached hydrogens (tertiary/aromatic N) is 3. The highest BCUT2D eigenvalue weighted by Crippen LogP contribution is 2.55. The number of allylic oxidation sites excluding steroid dienone is 1.